The van der Waals surface area contributed by atoms with E-state index in [0.717, 1.165) is 0 Å². The molecule has 1 amide bonds. The summed E-state index contributed by atoms with van der Waals surface area (Å²) in [6, 6.07) is 22.3. The summed E-state index contributed by atoms with van der Waals surface area (Å²) in [6.07, 6.45) is 1.34. The van der Waals surface area contributed by atoms with Gasteiger partial charge in [-0.15, -0.1) is 0 Å². The van der Waals surface area contributed by atoms with Crippen LogP contribution in [0.4, 0.5) is 5.69 Å². The molecule has 0 spiro atoms. The average Bonchev–Trinajstić information content (AvgIpc) is 2.66. The number of amides is 1. The van der Waals surface area contributed by atoms with Gasteiger partial charge in [0.15, 0.2) is 11.5 Å². The summed E-state index contributed by atoms with van der Waals surface area (Å²) in [5.74, 6) is -0.835. The molecule has 0 atom stereocenters. The number of para-hydroxylation sites is 2. The normalized spacial score (nSPS) is 10.7. The molecule has 0 aliphatic rings. The predicted molar refractivity (Wildman–Crippen MR) is 97.1 cm³/mol. The van der Waals surface area contributed by atoms with E-state index < -0.39 is 0 Å². The van der Waals surface area contributed by atoms with Crippen molar-refractivity contribution >= 4 is 17.8 Å². The maximum absolute atomic E-state index is 12.8. The van der Waals surface area contributed by atoms with Gasteiger partial charge in [-0.2, -0.15) is 10.1 Å². The molecule has 0 saturated carbocycles. The van der Waals surface area contributed by atoms with Crippen LogP contribution in [0.3, 0.4) is 0 Å². The number of carbonyl (C=O) groups excluding carboxylic acids is 1. The number of aromatic hydroxyl groups is 2. The Morgan fingerprint density at radius 1 is 0.840 bits per heavy atom. The van der Waals surface area contributed by atoms with Crippen molar-refractivity contribution in [1.29, 1.82) is 0 Å². The zero-order valence-corrected chi connectivity index (χ0v) is 13.3. The van der Waals surface area contributed by atoms with Crippen molar-refractivity contribution in [3.8, 4) is 11.5 Å². The maximum atomic E-state index is 12.8. The standard InChI is InChI=1S/C20H16N2O3/c23-18-13-7-10-16(19(18)24)14-21-22(17-11-5-2-6-12-17)20(25)15-8-3-1-4-9-15/h1-14,23-24H/b21-14+. The largest absolute Gasteiger partial charge is 0.504 e. The summed E-state index contributed by atoms with van der Waals surface area (Å²) in [4.78, 5) is 12.8. The Morgan fingerprint density at radius 2 is 1.48 bits per heavy atom. The van der Waals surface area contributed by atoms with Crippen molar-refractivity contribution in [2.24, 2.45) is 5.10 Å². The quantitative estimate of drug-likeness (QED) is 0.434. The molecule has 0 heterocycles. The van der Waals surface area contributed by atoms with Crippen molar-refractivity contribution in [2.75, 3.05) is 5.01 Å². The summed E-state index contributed by atoms with van der Waals surface area (Å²) in [5, 5.41) is 24.9. The summed E-state index contributed by atoms with van der Waals surface area (Å²) in [6.45, 7) is 0. The lowest BCUT2D eigenvalue weighted by Crippen LogP contribution is -2.25. The van der Waals surface area contributed by atoms with E-state index in [4.69, 9.17) is 0 Å². The van der Waals surface area contributed by atoms with Crippen LogP contribution < -0.4 is 5.01 Å². The van der Waals surface area contributed by atoms with Crippen LogP contribution in [0.15, 0.2) is 84.0 Å². The van der Waals surface area contributed by atoms with Gasteiger partial charge in [0.05, 0.1) is 11.9 Å². The first-order valence-electron chi connectivity index (χ1n) is 7.66. The molecule has 0 fully saturated rings. The van der Waals surface area contributed by atoms with Gasteiger partial charge < -0.3 is 10.2 Å². The Labute approximate surface area is 145 Å². The minimum atomic E-state index is -0.303. The molecule has 3 aromatic carbocycles. The number of nitrogens with zero attached hydrogens (tertiary/aromatic N) is 2. The molecule has 0 saturated heterocycles. The third-order valence-electron chi connectivity index (χ3n) is 3.57. The Morgan fingerprint density at radius 3 is 2.16 bits per heavy atom. The first-order chi connectivity index (χ1) is 12.2. The van der Waals surface area contributed by atoms with Crippen molar-refractivity contribution in [2.45, 2.75) is 0 Å². The van der Waals surface area contributed by atoms with Crippen LogP contribution >= 0.6 is 0 Å². The molecule has 0 unspecified atom stereocenters. The van der Waals surface area contributed by atoms with E-state index >= 15 is 0 Å². The second kappa shape index (κ2) is 7.31. The first kappa shape index (κ1) is 16.3. The molecule has 0 aliphatic carbocycles. The van der Waals surface area contributed by atoms with E-state index in [1.54, 1.807) is 48.5 Å². The molecule has 5 nitrogen and oxygen atoms in total. The van der Waals surface area contributed by atoms with Gasteiger partial charge in [-0.25, -0.2) is 0 Å². The molecule has 2 N–H and O–H groups in total. The van der Waals surface area contributed by atoms with Gasteiger partial charge in [0.1, 0.15) is 0 Å². The van der Waals surface area contributed by atoms with E-state index in [2.05, 4.69) is 5.10 Å². The Bertz CT molecular complexity index is 893. The van der Waals surface area contributed by atoms with Crippen molar-refractivity contribution in [3.63, 3.8) is 0 Å². The predicted octanol–water partition coefficient (Wildman–Crippen LogP) is 3.78. The van der Waals surface area contributed by atoms with Crippen molar-refractivity contribution in [3.05, 3.63) is 90.0 Å². The van der Waals surface area contributed by atoms with Crippen molar-refractivity contribution in [1.82, 2.24) is 0 Å². The molecule has 0 bridgehead atoms. The molecule has 124 valence electrons. The highest BCUT2D eigenvalue weighted by molar-refractivity contribution is 6.06. The number of benzene rings is 3. The van der Waals surface area contributed by atoms with E-state index in [1.807, 2.05) is 24.3 Å². The Balaban J connectivity index is 1.99. The van der Waals surface area contributed by atoms with Crippen LogP contribution in [0.1, 0.15) is 15.9 Å². The van der Waals surface area contributed by atoms with Gasteiger partial charge in [-0.05, 0) is 36.4 Å². The lowest BCUT2D eigenvalue weighted by Gasteiger charge is -2.17. The molecule has 3 rings (SSSR count). The van der Waals surface area contributed by atoms with Gasteiger partial charge in [-0.1, -0.05) is 42.5 Å². The van der Waals surface area contributed by atoms with Crippen LogP contribution in [-0.2, 0) is 0 Å². The van der Waals surface area contributed by atoms with Gasteiger partial charge in [0.25, 0.3) is 5.91 Å². The van der Waals surface area contributed by atoms with Gasteiger partial charge in [0.2, 0.25) is 0 Å². The van der Waals surface area contributed by atoms with E-state index in [1.165, 1.54) is 17.3 Å². The molecule has 3 aromatic rings. The molecule has 0 aliphatic heterocycles. The van der Waals surface area contributed by atoms with Crippen LogP contribution in [0.5, 0.6) is 11.5 Å². The van der Waals surface area contributed by atoms with Crippen LogP contribution in [0, 0.1) is 0 Å². The van der Waals surface area contributed by atoms with Crippen LogP contribution in [0.25, 0.3) is 0 Å². The molecule has 25 heavy (non-hydrogen) atoms. The number of phenols is 2. The lowest BCUT2D eigenvalue weighted by atomic mass is 10.2. The third kappa shape index (κ3) is 3.67. The van der Waals surface area contributed by atoms with Crippen LogP contribution in [-0.4, -0.2) is 22.3 Å². The van der Waals surface area contributed by atoms with Crippen LogP contribution in [0.2, 0.25) is 0 Å². The number of hydrazone groups is 1. The fourth-order valence-electron chi connectivity index (χ4n) is 2.28. The van der Waals surface area contributed by atoms with Crippen molar-refractivity contribution < 1.29 is 15.0 Å². The SMILES string of the molecule is O=C(c1ccccc1)N(/N=C/c1cccc(O)c1O)c1ccccc1. The molecule has 5 heteroatoms. The second-order valence-electron chi connectivity index (χ2n) is 5.28. The highest BCUT2D eigenvalue weighted by Crippen LogP contribution is 2.27. The molecule has 0 radical (unpaired) electrons. The minimum absolute atomic E-state index is 0.246. The third-order valence-corrected chi connectivity index (χ3v) is 3.57. The van der Waals surface area contributed by atoms with E-state index in [-0.39, 0.29) is 17.4 Å². The topological polar surface area (TPSA) is 73.1 Å². The van der Waals surface area contributed by atoms with Gasteiger partial charge in [-0.3, -0.25) is 4.79 Å². The highest BCUT2D eigenvalue weighted by atomic mass is 16.3. The number of hydrogen-bond donors (Lipinski definition) is 2. The molecular formula is C20H16N2O3. The second-order valence-corrected chi connectivity index (χ2v) is 5.28. The van der Waals surface area contributed by atoms with E-state index in [9.17, 15) is 15.0 Å². The maximum Gasteiger partial charge on any atom is 0.278 e. The zero-order chi connectivity index (χ0) is 17.6. The average molecular weight is 332 g/mol. The number of phenolic OH excluding ortho intramolecular Hbond substituents is 2. The van der Waals surface area contributed by atoms with Gasteiger partial charge in [0, 0.05) is 11.1 Å². The zero-order valence-electron chi connectivity index (χ0n) is 13.3. The molecular weight excluding hydrogens is 316 g/mol. The summed E-state index contributed by atoms with van der Waals surface area (Å²) in [5.41, 5.74) is 1.39. The monoisotopic (exact) mass is 332 g/mol. The summed E-state index contributed by atoms with van der Waals surface area (Å²) in [7, 11) is 0. The molecule has 0 aromatic heterocycles. The van der Waals surface area contributed by atoms with Gasteiger partial charge >= 0.3 is 0 Å². The van der Waals surface area contributed by atoms with E-state index in [0.29, 0.717) is 16.8 Å². The number of anilines is 1. The number of carbonyl (C=O) groups is 1. The fourth-order valence-corrected chi connectivity index (χ4v) is 2.28. The Kier molecular flexibility index (Phi) is 4.76. The Hall–Kier alpha value is -3.60. The smallest absolute Gasteiger partial charge is 0.278 e. The number of rotatable bonds is 4. The highest BCUT2D eigenvalue weighted by Gasteiger charge is 2.16. The minimum Gasteiger partial charge on any atom is -0.504 e. The lowest BCUT2D eigenvalue weighted by molar-refractivity contribution is 0.0988. The fraction of sp³-hybridized carbons (Fsp3) is 0. The first-order valence-corrected chi connectivity index (χ1v) is 7.66. The number of hydrogen-bond acceptors (Lipinski definition) is 4. The summed E-state index contributed by atoms with van der Waals surface area (Å²) < 4.78 is 0. The summed E-state index contributed by atoms with van der Waals surface area (Å²) >= 11 is 0.